The summed E-state index contributed by atoms with van der Waals surface area (Å²) in [6.07, 6.45) is 17.6. The van der Waals surface area contributed by atoms with Gasteiger partial charge in [-0.25, -0.2) is 4.79 Å². The molecule has 1 aromatic rings. The van der Waals surface area contributed by atoms with Gasteiger partial charge < -0.3 is 24.8 Å². The molecule has 8 nitrogen and oxygen atoms in total. The number of hydrogen-bond donors (Lipinski definition) is 2. The topological polar surface area (TPSA) is 103 Å². The van der Waals surface area contributed by atoms with Crippen LogP contribution in [0.15, 0.2) is 102 Å². The van der Waals surface area contributed by atoms with Gasteiger partial charge in [-0.1, -0.05) is 90.9 Å². The molecule has 0 aliphatic carbocycles. The quantitative estimate of drug-likeness (QED) is 0.113. The molecule has 0 aromatic heterocycles. The van der Waals surface area contributed by atoms with E-state index in [-0.39, 0.29) is 35.9 Å². The van der Waals surface area contributed by atoms with Crippen LogP contribution >= 0.6 is 11.6 Å². The number of halogens is 1. The maximum Gasteiger partial charge on any atom is 0.373 e. The molecule has 1 aromatic carbocycles. The molecule has 244 valence electrons. The minimum atomic E-state index is -0.781. The molecule has 0 unspecified atom stereocenters. The highest BCUT2D eigenvalue weighted by Gasteiger charge is 2.27. The lowest BCUT2D eigenvalue weighted by Crippen LogP contribution is -2.46. The van der Waals surface area contributed by atoms with Gasteiger partial charge >= 0.3 is 5.97 Å². The smallest absolute Gasteiger partial charge is 0.373 e. The van der Waals surface area contributed by atoms with E-state index < -0.39 is 17.9 Å². The first-order valence-corrected chi connectivity index (χ1v) is 15.6. The highest BCUT2D eigenvalue weighted by atomic mass is 35.5. The van der Waals surface area contributed by atoms with Crippen molar-refractivity contribution in [1.82, 2.24) is 10.6 Å². The van der Waals surface area contributed by atoms with Gasteiger partial charge in [-0.05, 0) is 58.4 Å². The van der Waals surface area contributed by atoms with Crippen molar-refractivity contribution in [3.05, 3.63) is 107 Å². The molecule has 0 bridgehead atoms. The maximum absolute atomic E-state index is 13.1. The number of amides is 2. The van der Waals surface area contributed by atoms with E-state index in [1.54, 1.807) is 24.4 Å². The van der Waals surface area contributed by atoms with Gasteiger partial charge in [0.1, 0.15) is 12.1 Å². The molecule has 0 saturated heterocycles. The minimum Gasteiger partial charge on any atom is -0.490 e. The Hall–Kier alpha value is -3.88. The summed E-state index contributed by atoms with van der Waals surface area (Å²) < 4.78 is 16.4. The SMILES string of the molecule is COC1=CC[C@@H]([C@@H](C)/C=C(C)/C=C\C=C/C(=O)N[C@@H](Cc2ccccc2)C(=O)N/C=C\C[C@H](C/C=C(\C)Cl)OC(C)C)OC1=O. The predicted molar refractivity (Wildman–Crippen MR) is 179 cm³/mol. The predicted octanol–water partition coefficient (Wildman–Crippen LogP) is 6.60. The summed E-state index contributed by atoms with van der Waals surface area (Å²) in [7, 11) is 1.45. The monoisotopic (exact) mass is 638 g/mol. The van der Waals surface area contributed by atoms with Gasteiger partial charge in [-0.3, -0.25) is 9.59 Å². The van der Waals surface area contributed by atoms with Gasteiger partial charge in [0.25, 0.3) is 0 Å². The van der Waals surface area contributed by atoms with Crippen molar-refractivity contribution in [3.8, 4) is 0 Å². The molecule has 45 heavy (non-hydrogen) atoms. The van der Waals surface area contributed by atoms with Gasteiger partial charge in [-0.15, -0.1) is 0 Å². The normalized spacial score (nSPS) is 18.2. The zero-order valence-corrected chi connectivity index (χ0v) is 27.9. The fourth-order valence-corrected chi connectivity index (χ4v) is 4.68. The summed E-state index contributed by atoms with van der Waals surface area (Å²) in [4.78, 5) is 37.8. The fourth-order valence-electron chi connectivity index (χ4n) is 4.59. The van der Waals surface area contributed by atoms with E-state index >= 15 is 0 Å². The number of hydrogen-bond acceptors (Lipinski definition) is 6. The van der Waals surface area contributed by atoms with Crippen molar-refractivity contribution in [2.45, 2.75) is 84.7 Å². The van der Waals surface area contributed by atoms with E-state index in [2.05, 4.69) is 10.6 Å². The van der Waals surface area contributed by atoms with Crippen molar-refractivity contribution in [3.63, 3.8) is 0 Å². The van der Waals surface area contributed by atoms with E-state index in [0.29, 0.717) is 30.7 Å². The standard InChI is InChI=1S/C36H47ClN2O6/c1-25(2)44-30(19-18-28(5)37)16-12-22-38-35(41)31(24-29-14-8-7-9-15-29)39-34(40)17-11-10-13-26(3)23-27(4)32-20-21-33(43-6)36(42)45-32/h7-15,17-18,21-23,25,27,30-32H,16,19-20,24H2,1-6H3,(H,38,41)(H,39,40)/b13-10-,17-11-,22-12-,26-23+,28-18+/t27-,30+,31-,32-/m0/s1. The van der Waals surface area contributed by atoms with Crippen LogP contribution in [0.1, 0.15) is 59.4 Å². The summed E-state index contributed by atoms with van der Waals surface area (Å²) in [5.41, 5.74) is 1.87. The molecule has 0 radical (unpaired) electrons. The third-order valence-electron chi connectivity index (χ3n) is 6.83. The summed E-state index contributed by atoms with van der Waals surface area (Å²) >= 11 is 5.98. The zero-order valence-electron chi connectivity index (χ0n) is 27.1. The number of benzene rings is 1. The Labute approximate surface area is 272 Å². The Kier molecular flexibility index (Phi) is 16.8. The number of carbonyl (C=O) groups is 3. The first-order valence-electron chi connectivity index (χ1n) is 15.2. The molecule has 2 rings (SSSR count). The molecule has 1 heterocycles. The second-order valence-corrected chi connectivity index (χ2v) is 11.8. The highest BCUT2D eigenvalue weighted by Crippen LogP contribution is 2.22. The molecule has 9 heteroatoms. The number of allylic oxidation sites excluding steroid dienone is 5. The van der Waals surface area contributed by atoms with Gasteiger partial charge in [0.05, 0.1) is 19.3 Å². The highest BCUT2D eigenvalue weighted by molar-refractivity contribution is 6.29. The van der Waals surface area contributed by atoms with E-state index in [4.69, 9.17) is 25.8 Å². The first-order chi connectivity index (χ1) is 21.5. The van der Waals surface area contributed by atoms with Crippen molar-refractivity contribution in [1.29, 1.82) is 0 Å². The van der Waals surface area contributed by atoms with Crippen LogP contribution in [0.5, 0.6) is 0 Å². The number of esters is 1. The lowest BCUT2D eigenvalue weighted by atomic mass is 9.97. The fraction of sp³-hybridized carbons (Fsp3) is 0.417. The van der Waals surface area contributed by atoms with Gasteiger partial charge in [-0.2, -0.15) is 0 Å². The summed E-state index contributed by atoms with van der Waals surface area (Å²) in [5, 5.41) is 6.32. The van der Waals surface area contributed by atoms with Crippen LogP contribution in [0.4, 0.5) is 0 Å². The van der Waals surface area contributed by atoms with Gasteiger partial charge in [0.15, 0.2) is 5.76 Å². The van der Waals surface area contributed by atoms with Crippen LogP contribution in [-0.4, -0.2) is 49.2 Å². The number of nitrogens with one attached hydrogen (secondary N) is 2. The number of ether oxygens (including phenoxy) is 3. The molecule has 1 aliphatic heterocycles. The number of rotatable bonds is 17. The van der Waals surface area contributed by atoms with E-state index in [1.807, 2.05) is 89.3 Å². The summed E-state index contributed by atoms with van der Waals surface area (Å²) in [6, 6.07) is 8.74. The first kappa shape index (κ1) is 37.3. The third kappa shape index (κ3) is 15.1. The van der Waals surface area contributed by atoms with Crippen LogP contribution in [-0.2, 0) is 35.0 Å². The van der Waals surface area contributed by atoms with Crippen molar-refractivity contribution in [2.75, 3.05) is 7.11 Å². The summed E-state index contributed by atoms with van der Waals surface area (Å²) in [5.74, 6) is -0.948. The molecular formula is C36H47ClN2O6. The van der Waals surface area contributed by atoms with Crippen molar-refractivity contribution in [2.24, 2.45) is 5.92 Å². The molecule has 2 amide bonds. The van der Waals surface area contributed by atoms with Crippen molar-refractivity contribution < 1.29 is 28.6 Å². The molecule has 2 N–H and O–H groups in total. The van der Waals surface area contributed by atoms with Crippen LogP contribution in [0.3, 0.4) is 0 Å². The lowest BCUT2D eigenvalue weighted by Gasteiger charge is -2.25. The molecule has 4 atom stereocenters. The average molecular weight is 639 g/mol. The van der Waals surface area contributed by atoms with E-state index in [9.17, 15) is 14.4 Å². The van der Waals surface area contributed by atoms with Crippen molar-refractivity contribution >= 4 is 29.4 Å². The number of cyclic esters (lactones) is 1. The molecule has 0 saturated carbocycles. The van der Waals surface area contributed by atoms with Crippen LogP contribution in [0.2, 0.25) is 0 Å². The van der Waals surface area contributed by atoms with Crippen LogP contribution in [0, 0.1) is 5.92 Å². The average Bonchev–Trinajstić information content (AvgIpc) is 2.99. The number of carbonyl (C=O) groups excluding carboxylic acids is 3. The number of methoxy groups -OCH3 is 1. The second kappa shape index (κ2) is 20.2. The Morgan fingerprint density at radius 1 is 1.09 bits per heavy atom. The molecule has 0 spiro atoms. The molecule has 0 fully saturated rings. The van der Waals surface area contributed by atoms with Crippen LogP contribution in [0.25, 0.3) is 0 Å². The Bertz CT molecular complexity index is 1290. The van der Waals surface area contributed by atoms with E-state index in [0.717, 1.165) is 11.1 Å². The Morgan fingerprint density at radius 2 is 1.80 bits per heavy atom. The lowest BCUT2D eigenvalue weighted by molar-refractivity contribution is -0.151. The maximum atomic E-state index is 13.1. The Morgan fingerprint density at radius 3 is 2.44 bits per heavy atom. The van der Waals surface area contributed by atoms with Crippen LogP contribution < -0.4 is 10.6 Å². The minimum absolute atomic E-state index is 0.00728. The van der Waals surface area contributed by atoms with Gasteiger partial charge in [0, 0.05) is 29.9 Å². The molecule has 1 aliphatic rings. The third-order valence-corrected chi connectivity index (χ3v) is 6.98. The molecular weight excluding hydrogens is 592 g/mol. The van der Waals surface area contributed by atoms with Gasteiger partial charge in [0.2, 0.25) is 11.8 Å². The van der Waals surface area contributed by atoms with E-state index in [1.165, 1.54) is 13.2 Å². The zero-order chi connectivity index (χ0) is 33.2. The summed E-state index contributed by atoms with van der Waals surface area (Å²) in [6.45, 7) is 9.69. The Balaban J connectivity index is 1.98. The largest absolute Gasteiger partial charge is 0.490 e. The second-order valence-electron chi connectivity index (χ2n) is 11.2.